The molecule has 3 rings (SSSR count). The highest BCUT2D eigenvalue weighted by molar-refractivity contribution is 5.85. The van der Waals surface area contributed by atoms with E-state index in [1.807, 2.05) is 0 Å². The zero-order chi connectivity index (χ0) is 15.9. The van der Waals surface area contributed by atoms with Crippen LogP contribution in [0.2, 0.25) is 0 Å². The molecule has 2 N–H and O–H groups in total. The summed E-state index contributed by atoms with van der Waals surface area (Å²) in [6.07, 6.45) is -3.67. The van der Waals surface area contributed by atoms with Crippen molar-refractivity contribution >= 4 is 16.7 Å². The molecule has 2 aromatic heterocycles. The molecule has 0 atom stereocenters. The number of benzene rings is 1. The molecule has 0 radical (unpaired) electrons. The monoisotopic (exact) mass is 306 g/mol. The first-order chi connectivity index (χ1) is 10.4. The molecule has 2 heterocycles. The molecule has 4 nitrogen and oxygen atoms in total. The molecule has 22 heavy (non-hydrogen) atoms. The van der Waals surface area contributed by atoms with Crippen LogP contribution in [0.3, 0.4) is 0 Å². The molecule has 0 aliphatic rings. The fraction of sp³-hybridized carbons (Fsp3) is 0.0667. The SMILES string of the molecule is Nc1c(-c2cccnc2C(F)(F)F)oc2ccccc2c1=O. The van der Waals surface area contributed by atoms with Crippen molar-refractivity contribution in [3.8, 4) is 11.3 Å². The molecule has 0 bridgehead atoms. The highest BCUT2D eigenvalue weighted by Crippen LogP contribution is 2.37. The van der Waals surface area contributed by atoms with Crippen LogP contribution in [0.15, 0.2) is 51.8 Å². The minimum absolute atomic E-state index is 0.161. The molecule has 7 heteroatoms. The predicted octanol–water partition coefficient (Wildman–Crippen LogP) is 3.46. The minimum atomic E-state index is -4.69. The van der Waals surface area contributed by atoms with Crippen molar-refractivity contribution in [3.63, 3.8) is 0 Å². The van der Waals surface area contributed by atoms with E-state index in [4.69, 9.17) is 10.2 Å². The molecule has 0 saturated carbocycles. The lowest BCUT2D eigenvalue weighted by Gasteiger charge is -2.12. The van der Waals surface area contributed by atoms with Crippen molar-refractivity contribution in [2.75, 3.05) is 5.73 Å². The van der Waals surface area contributed by atoms with Crippen LogP contribution in [0.4, 0.5) is 18.9 Å². The number of aromatic nitrogens is 1. The highest BCUT2D eigenvalue weighted by Gasteiger charge is 2.36. The van der Waals surface area contributed by atoms with Crippen molar-refractivity contribution in [1.82, 2.24) is 4.98 Å². The van der Waals surface area contributed by atoms with Gasteiger partial charge in [-0.25, -0.2) is 0 Å². The second-order valence-electron chi connectivity index (χ2n) is 4.57. The van der Waals surface area contributed by atoms with Crippen LogP contribution < -0.4 is 11.2 Å². The Kier molecular flexibility index (Phi) is 3.13. The number of nitrogens with two attached hydrogens (primary N) is 1. The van der Waals surface area contributed by atoms with E-state index in [2.05, 4.69) is 4.98 Å². The van der Waals surface area contributed by atoms with Gasteiger partial charge in [0.1, 0.15) is 11.3 Å². The van der Waals surface area contributed by atoms with E-state index in [9.17, 15) is 18.0 Å². The molecule has 0 aliphatic heterocycles. The molecular weight excluding hydrogens is 297 g/mol. The molecule has 0 fully saturated rings. The Morgan fingerprint density at radius 1 is 1.09 bits per heavy atom. The third-order valence-electron chi connectivity index (χ3n) is 3.15. The number of hydrogen-bond acceptors (Lipinski definition) is 4. The zero-order valence-corrected chi connectivity index (χ0v) is 11.0. The van der Waals surface area contributed by atoms with E-state index in [1.54, 1.807) is 12.1 Å². The number of nitrogen functional groups attached to an aromatic ring is 1. The Morgan fingerprint density at radius 3 is 2.55 bits per heavy atom. The summed E-state index contributed by atoms with van der Waals surface area (Å²) in [6, 6.07) is 8.69. The number of alkyl halides is 3. The summed E-state index contributed by atoms with van der Waals surface area (Å²) in [5.41, 5.74) is 3.38. The van der Waals surface area contributed by atoms with Crippen LogP contribution in [0, 0.1) is 0 Å². The van der Waals surface area contributed by atoms with E-state index < -0.39 is 17.3 Å². The van der Waals surface area contributed by atoms with Gasteiger partial charge in [-0.1, -0.05) is 12.1 Å². The van der Waals surface area contributed by atoms with Crippen molar-refractivity contribution < 1.29 is 17.6 Å². The van der Waals surface area contributed by atoms with Gasteiger partial charge in [-0.15, -0.1) is 0 Å². The Balaban J connectivity index is 2.37. The minimum Gasteiger partial charge on any atom is -0.454 e. The topological polar surface area (TPSA) is 69.1 Å². The van der Waals surface area contributed by atoms with Gasteiger partial charge < -0.3 is 10.2 Å². The molecule has 0 amide bonds. The molecular formula is C15H9F3N2O2. The number of fused-ring (bicyclic) bond motifs is 1. The van der Waals surface area contributed by atoms with Gasteiger partial charge in [-0.2, -0.15) is 13.2 Å². The van der Waals surface area contributed by atoms with Gasteiger partial charge in [0, 0.05) is 6.20 Å². The number of halogens is 3. The lowest BCUT2D eigenvalue weighted by molar-refractivity contribution is -0.140. The van der Waals surface area contributed by atoms with Gasteiger partial charge in [0.05, 0.1) is 10.9 Å². The zero-order valence-electron chi connectivity index (χ0n) is 11.0. The van der Waals surface area contributed by atoms with Crippen molar-refractivity contribution in [3.05, 3.63) is 58.5 Å². The second kappa shape index (κ2) is 4.87. The fourth-order valence-electron chi connectivity index (χ4n) is 2.17. The maximum atomic E-state index is 13.1. The van der Waals surface area contributed by atoms with Crippen LogP contribution in [0.1, 0.15) is 5.69 Å². The standard InChI is InChI=1S/C15H9F3N2O2/c16-15(17,18)14-9(5-3-7-20-14)13-11(19)12(21)8-4-1-2-6-10(8)22-13/h1-7H,19H2. The second-order valence-corrected chi connectivity index (χ2v) is 4.57. The summed E-state index contributed by atoms with van der Waals surface area (Å²) in [5, 5.41) is 0.209. The summed E-state index contributed by atoms with van der Waals surface area (Å²) in [7, 11) is 0. The summed E-state index contributed by atoms with van der Waals surface area (Å²) in [5.74, 6) is -0.330. The largest absolute Gasteiger partial charge is 0.454 e. The predicted molar refractivity (Wildman–Crippen MR) is 75.1 cm³/mol. The first-order valence-corrected chi connectivity index (χ1v) is 6.23. The van der Waals surface area contributed by atoms with Crippen molar-refractivity contribution in [2.45, 2.75) is 6.18 Å². The number of para-hydroxylation sites is 1. The van der Waals surface area contributed by atoms with Crippen LogP contribution in [-0.2, 0) is 6.18 Å². The number of pyridine rings is 1. The third-order valence-corrected chi connectivity index (χ3v) is 3.15. The van der Waals surface area contributed by atoms with E-state index >= 15 is 0 Å². The number of nitrogens with zero attached hydrogens (tertiary/aromatic N) is 1. The van der Waals surface area contributed by atoms with Gasteiger partial charge in [0.15, 0.2) is 11.5 Å². The molecule has 3 aromatic rings. The van der Waals surface area contributed by atoms with Gasteiger partial charge in [-0.3, -0.25) is 9.78 Å². The lowest BCUT2D eigenvalue weighted by Crippen LogP contribution is -2.13. The third kappa shape index (κ3) is 2.20. The Bertz CT molecular complexity index is 917. The lowest BCUT2D eigenvalue weighted by atomic mass is 10.1. The van der Waals surface area contributed by atoms with Crippen LogP contribution in [0.25, 0.3) is 22.3 Å². The molecule has 0 unspecified atom stereocenters. The molecule has 0 aliphatic carbocycles. The van der Waals surface area contributed by atoms with Crippen LogP contribution in [0.5, 0.6) is 0 Å². The molecule has 1 aromatic carbocycles. The maximum Gasteiger partial charge on any atom is 0.434 e. The number of hydrogen-bond donors (Lipinski definition) is 1. The summed E-state index contributed by atoms with van der Waals surface area (Å²) < 4.78 is 44.6. The van der Waals surface area contributed by atoms with E-state index in [-0.39, 0.29) is 28.0 Å². The summed E-state index contributed by atoms with van der Waals surface area (Å²) in [4.78, 5) is 15.5. The fourth-order valence-corrected chi connectivity index (χ4v) is 2.17. The van der Waals surface area contributed by atoms with Gasteiger partial charge in [0.25, 0.3) is 0 Å². The van der Waals surface area contributed by atoms with E-state index in [0.717, 1.165) is 6.20 Å². The van der Waals surface area contributed by atoms with Crippen molar-refractivity contribution in [1.29, 1.82) is 0 Å². The molecule has 112 valence electrons. The van der Waals surface area contributed by atoms with Gasteiger partial charge in [0.2, 0.25) is 5.43 Å². The average Bonchev–Trinajstić information content (AvgIpc) is 2.50. The first-order valence-electron chi connectivity index (χ1n) is 6.23. The molecule has 0 spiro atoms. The Morgan fingerprint density at radius 2 is 1.82 bits per heavy atom. The average molecular weight is 306 g/mol. The summed E-state index contributed by atoms with van der Waals surface area (Å²) in [6.45, 7) is 0. The van der Waals surface area contributed by atoms with Crippen LogP contribution in [-0.4, -0.2) is 4.98 Å². The Hall–Kier alpha value is -2.83. The van der Waals surface area contributed by atoms with Crippen molar-refractivity contribution in [2.24, 2.45) is 0 Å². The number of rotatable bonds is 1. The van der Waals surface area contributed by atoms with Crippen LogP contribution >= 0.6 is 0 Å². The highest BCUT2D eigenvalue weighted by atomic mass is 19.4. The van der Waals surface area contributed by atoms with E-state index in [1.165, 1.54) is 24.3 Å². The molecule has 0 saturated heterocycles. The van der Waals surface area contributed by atoms with Gasteiger partial charge >= 0.3 is 6.18 Å². The Labute approximate surface area is 122 Å². The van der Waals surface area contributed by atoms with E-state index in [0.29, 0.717) is 0 Å². The normalized spacial score (nSPS) is 11.8. The quantitative estimate of drug-likeness (QED) is 0.747. The smallest absolute Gasteiger partial charge is 0.434 e. The number of anilines is 1. The summed E-state index contributed by atoms with van der Waals surface area (Å²) >= 11 is 0. The first kappa shape index (κ1) is 14.1. The van der Waals surface area contributed by atoms with Gasteiger partial charge in [-0.05, 0) is 24.3 Å². The maximum absolute atomic E-state index is 13.1.